The Morgan fingerprint density at radius 3 is 1.72 bits per heavy atom. The van der Waals surface area contributed by atoms with Gasteiger partial charge in [-0.25, -0.2) is 0 Å². The Kier molecular flexibility index (Phi) is 8.94. The molecule has 0 aromatic heterocycles. The van der Waals surface area contributed by atoms with Crippen LogP contribution < -0.4 is 4.90 Å². The molecule has 0 fully saturated rings. The van der Waals surface area contributed by atoms with Crippen LogP contribution in [0.3, 0.4) is 0 Å². The summed E-state index contributed by atoms with van der Waals surface area (Å²) in [5.74, 6) is 0. The van der Waals surface area contributed by atoms with E-state index in [0.29, 0.717) is 0 Å². The summed E-state index contributed by atoms with van der Waals surface area (Å²) in [6, 6.07) is 80.3. The van der Waals surface area contributed by atoms with Gasteiger partial charge in [-0.05, 0) is 127 Å². The third kappa shape index (κ3) is 5.93. The lowest BCUT2D eigenvalue weighted by atomic mass is 9.65. The van der Waals surface area contributed by atoms with Crippen molar-refractivity contribution in [3.63, 3.8) is 0 Å². The maximum atomic E-state index is 2.47. The van der Waals surface area contributed by atoms with Gasteiger partial charge in [0.2, 0.25) is 0 Å². The van der Waals surface area contributed by atoms with Gasteiger partial charge in [0.15, 0.2) is 0 Å². The molecule has 2 aliphatic rings. The molecule has 0 amide bonds. The maximum Gasteiger partial charge on any atom is 0.0677 e. The molecule has 0 radical (unpaired) electrons. The van der Waals surface area contributed by atoms with E-state index in [4.69, 9.17) is 0 Å². The molecule has 9 aromatic rings. The summed E-state index contributed by atoms with van der Waals surface area (Å²) in [4.78, 5) is 2.41. The molecule has 0 heterocycles. The fourth-order valence-electron chi connectivity index (χ4n) is 9.99. The average Bonchev–Trinajstić information content (AvgIpc) is 3.63. The van der Waals surface area contributed by atoms with E-state index in [0.717, 1.165) is 29.9 Å². The zero-order chi connectivity index (χ0) is 39.9. The summed E-state index contributed by atoms with van der Waals surface area (Å²) in [6.07, 6.45) is 8.98. The SMILES string of the molecule is C1=CCCC(C2(c3ccccc3)c3ccccc3-c3ccc(N(c4ccccc4)c4ccc(-c5cccc(-c6cccc7cccc(-c8ccccc8)c67)c5)cc4)cc32)=C1. The second kappa shape index (κ2) is 15.0. The van der Waals surface area contributed by atoms with Crippen molar-refractivity contribution in [1.82, 2.24) is 0 Å². The molecule has 284 valence electrons. The van der Waals surface area contributed by atoms with E-state index in [1.807, 2.05) is 0 Å². The van der Waals surface area contributed by atoms with Crippen molar-refractivity contribution < 1.29 is 0 Å². The molecule has 0 saturated carbocycles. The number of benzene rings is 9. The number of rotatable bonds is 8. The van der Waals surface area contributed by atoms with Crippen LogP contribution in [0.5, 0.6) is 0 Å². The summed E-state index contributed by atoms with van der Waals surface area (Å²) in [5.41, 5.74) is 18.4. The molecule has 2 aliphatic carbocycles. The van der Waals surface area contributed by atoms with E-state index in [1.165, 1.54) is 77.5 Å². The zero-order valence-electron chi connectivity index (χ0n) is 33.4. The van der Waals surface area contributed by atoms with Crippen LogP contribution in [0.1, 0.15) is 29.5 Å². The Balaban J connectivity index is 1.02. The van der Waals surface area contributed by atoms with Crippen molar-refractivity contribution in [2.75, 3.05) is 4.90 Å². The third-order valence-corrected chi connectivity index (χ3v) is 12.6. The average molecular weight is 766 g/mol. The monoisotopic (exact) mass is 765 g/mol. The van der Waals surface area contributed by atoms with Gasteiger partial charge in [0.05, 0.1) is 5.41 Å². The van der Waals surface area contributed by atoms with E-state index in [1.54, 1.807) is 0 Å². The van der Waals surface area contributed by atoms with Crippen LogP contribution in [0, 0.1) is 0 Å². The van der Waals surface area contributed by atoms with Gasteiger partial charge in [-0.2, -0.15) is 0 Å². The van der Waals surface area contributed by atoms with Crippen LogP contribution in [0.15, 0.2) is 242 Å². The first-order valence-corrected chi connectivity index (χ1v) is 21.1. The highest BCUT2D eigenvalue weighted by Gasteiger charge is 2.47. The van der Waals surface area contributed by atoms with E-state index in [2.05, 4.69) is 242 Å². The Labute approximate surface area is 352 Å². The van der Waals surface area contributed by atoms with Crippen LogP contribution in [0.2, 0.25) is 0 Å². The summed E-state index contributed by atoms with van der Waals surface area (Å²) < 4.78 is 0. The predicted octanol–water partition coefficient (Wildman–Crippen LogP) is 15.9. The summed E-state index contributed by atoms with van der Waals surface area (Å²) in [7, 11) is 0. The van der Waals surface area contributed by atoms with Gasteiger partial charge in [-0.15, -0.1) is 0 Å². The topological polar surface area (TPSA) is 3.24 Å². The minimum Gasteiger partial charge on any atom is -0.310 e. The highest BCUT2D eigenvalue weighted by atomic mass is 15.1. The van der Waals surface area contributed by atoms with Crippen LogP contribution in [-0.4, -0.2) is 0 Å². The van der Waals surface area contributed by atoms with Gasteiger partial charge in [-0.3, -0.25) is 0 Å². The standard InChI is InChI=1S/C59H43N/c1-5-18-43(19-6-1)52-31-16-20-44-21-17-32-53(58(44)52)46-23-15-22-45(40-46)42-34-36-50(37-35-42)60(49-28-11-4-12-29-49)51-38-39-55-54-30-13-14-33-56(54)59(57(55)41-51,47-24-7-2-8-25-47)48-26-9-3-10-27-48/h1-9,11-26,28-41H,10,27H2. The number of para-hydroxylation sites is 1. The van der Waals surface area contributed by atoms with Gasteiger partial charge in [-0.1, -0.05) is 200 Å². The van der Waals surface area contributed by atoms with E-state index in [-0.39, 0.29) is 0 Å². The molecule has 0 saturated heterocycles. The Morgan fingerprint density at radius 1 is 0.383 bits per heavy atom. The minimum absolute atomic E-state index is 0.392. The van der Waals surface area contributed by atoms with Gasteiger partial charge in [0, 0.05) is 17.1 Å². The normalized spacial score (nSPS) is 15.3. The molecule has 0 N–H and O–H groups in total. The Bertz CT molecular complexity index is 3060. The zero-order valence-corrected chi connectivity index (χ0v) is 33.4. The fraction of sp³-hybridized carbons (Fsp3) is 0.0508. The molecule has 11 rings (SSSR count). The molecule has 0 spiro atoms. The second-order valence-electron chi connectivity index (χ2n) is 15.9. The van der Waals surface area contributed by atoms with Gasteiger partial charge in [0.25, 0.3) is 0 Å². The van der Waals surface area contributed by atoms with Crippen LogP contribution in [0.4, 0.5) is 17.1 Å². The van der Waals surface area contributed by atoms with Crippen LogP contribution >= 0.6 is 0 Å². The fourth-order valence-corrected chi connectivity index (χ4v) is 9.99. The lowest BCUT2D eigenvalue weighted by Crippen LogP contribution is -2.30. The summed E-state index contributed by atoms with van der Waals surface area (Å²) in [6.45, 7) is 0. The van der Waals surface area contributed by atoms with Crippen molar-refractivity contribution >= 4 is 27.8 Å². The number of fused-ring (bicyclic) bond motifs is 4. The largest absolute Gasteiger partial charge is 0.310 e. The molecule has 60 heavy (non-hydrogen) atoms. The first-order chi connectivity index (χ1) is 29.8. The second-order valence-corrected chi connectivity index (χ2v) is 15.9. The van der Waals surface area contributed by atoms with E-state index >= 15 is 0 Å². The molecule has 0 aliphatic heterocycles. The first-order valence-electron chi connectivity index (χ1n) is 21.1. The van der Waals surface area contributed by atoms with Gasteiger partial charge in [0.1, 0.15) is 0 Å². The number of hydrogen-bond donors (Lipinski definition) is 0. The molecular weight excluding hydrogens is 723 g/mol. The van der Waals surface area contributed by atoms with E-state index < -0.39 is 5.41 Å². The molecule has 1 unspecified atom stereocenters. The lowest BCUT2D eigenvalue weighted by Gasteiger charge is -2.37. The number of nitrogens with zero attached hydrogens (tertiary/aromatic N) is 1. The number of allylic oxidation sites excluding steroid dienone is 4. The Hall–Kier alpha value is -7.48. The summed E-state index contributed by atoms with van der Waals surface area (Å²) >= 11 is 0. The van der Waals surface area contributed by atoms with Crippen molar-refractivity contribution in [2.24, 2.45) is 0 Å². The highest BCUT2D eigenvalue weighted by Crippen LogP contribution is 2.58. The van der Waals surface area contributed by atoms with Gasteiger partial charge >= 0.3 is 0 Å². The highest BCUT2D eigenvalue weighted by molar-refractivity contribution is 6.06. The third-order valence-electron chi connectivity index (χ3n) is 12.6. The van der Waals surface area contributed by atoms with Crippen LogP contribution in [-0.2, 0) is 5.41 Å². The molecule has 1 nitrogen and oxygen atoms in total. The lowest BCUT2D eigenvalue weighted by molar-refractivity contribution is 0.693. The number of hydrogen-bond acceptors (Lipinski definition) is 1. The van der Waals surface area contributed by atoms with Crippen molar-refractivity contribution in [2.45, 2.75) is 18.3 Å². The molecular formula is C59H43N. The van der Waals surface area contributed by atoms with Crippen molar-refractivity contribution in [3.8, 4) is 44.5 Å². The quantitative estimate of drug-likeness (QED) is 0.149. The van der Waals surface area contributed by atoms with Crippen molar-refractivity contribution in [1.29, 1.82) is 0 Å². The smallest absolute Gasteiger partial charge is 0.0677 e. The molecule has 9 aromatic carbocycles. The Morgan fingerprint density at radius 2 is 0.967 bits per heavy atom. The molecule has 1 heteroatoms. The maximum absolute atomic E-state index is 2.47. The first kappa shape index (κ1) is 35.7. The number of anilines is 3. The summed E-state index contributed by atoms with van der Waals surface area (Å²) in [5, 5.41) is 2.52. The minimum atomic E-state index is -0.392. The molecule has 1 atom stereocenters. The molecule has 0 bridgehead atoms. The van der Waals surface area contributed by atoms with E-state index in [9.17, 15) is 0 Å². The van der Waals surface area contributed by atoms with Crippen molar-refractivity contribution in [3.05, 3.63) is 259 Å². The van der Waals surface area contributed by atoms with Gasteiger partial charge < -0.3 is 4.90 Å². The van der Waals surface area contributed by atoms with Crippen LogP contribution in [0.25, 0.3) is 55.3 Å². The predicted molar refractivity (Wildman–Crippen MR) is 253 cm³/mol.